The van der Waals surface area contributed by atoms with Crippen molar-refractivity contribution in [2.24, 2.45) is 0 Å². The van der Waals surface area contributed by atoms with Crippen LogP contribution in [0.3, 0.4) is 0 Å². The van der Waals surface area contributed by atoms with Crippen LogP contribution in [0.25, 0.3) is 0 Å². The van der Waals surface area contributed by atoms with Crippen molar-refractivity contribution in [3.05, 3.63) is 0 Å². The number of nitrogens with one attached hydrogen (secondary N) is 1. The smallest absolute Gasteiger partial charge is 0.283 e. The van der Waals surface area contributed by atoms with Crippen LogP contribution in [0.15, 0.2) is 0 Å². The van der Waals surface area contributed by atoms with E-state index in [9.17, 15) is 8.78 Å². The Morgan fingerprint density at radius 1 is 1.47 bits per heavy atom. The third-order valence-electron chi connectivity index (χ3n) is 1.99. The van der Waals surface area contributed by atoms with Crippen molar-refractivity contribution in [3.8, 4) is 0 Å². The molecule has 0 aromatic heterocycles. The monoisotopic (exact) mass is 223 g/mol. The van der Waals surface area contributed by atoms with Crippen molar-refractivity contribution in [2.45, 2.75) is 38.4 Å². The molecule has 1 aliphatic heterocycles. The lowest BCUT2D eigenvalue weighted by molar-refractivity contribution is -0.109. The normalized spacial score (nSPS) is 27.4. The lowest BCUT2D eigenvalue weighted by Gasteiger charge is -2.23. The van der Waals surface area contributed by atoms with E-state index in [1.807, 2.05) is 20.8 Å². The molecule has 1 aliphatic rings. The summed E-state index contributed by atoms with van der Waals surface area (Å²) in [5.41, 5.74) is -0.266. The first-order valence-corrected chi connectivity index (χ1v) is 5.13. The number of halogens is 2. The average molecular weight is 223 g/mol. The van der Waals surface area contributed by atoms with Crippen LogP contribution in [0.2, 0.25) is 0 Å². The van der Waals surface area contributed by atoms with Crippen LogP contribution in [0.1, 0.15) is 20.8 Å². The molecule has 1 unspecified atom stereocenters. The van der Waals surface area contributed by atoms with Gasteiger partial charge in [0.2, 0.25) is 0 Å². The van der Waals surface area contributed by atoms with Crippen LogP contribution in [0.4, 0.5) is 8.78 Å². The zero-order valence-corrected chi connectivity index (χ0v) is 9.48. The van der Waals surface area contributed by atoms with Crippen LogP contribution in [-0.4, -0.2) is 43.9 Å². The Bertz CT molecular complexity index is 204. The minimum absolute atomic E-state index is 0.266. The van der Waals surface area contributed by atoms with Gasteiger partial charge in [-0.15, -0.1) is 0 Å². The number of rotatable bonds is 2. The first-order valence-electron chi connectivity index (χ1n) is 5.13. The van der Waals surface area contributed by atoms with Crippen molar-refractivity contribution in [3.63, 3.8) is 0 Å². The summed E-state index contributed by atoms with van der Waals surface area (Å²) >= 11 is 0. The second kappa shape index (κ2) is 4.72. The molecule has 0 bridgehead atoms. The lowest BCUT2D eigenvalue weighted by atomic mass is 10.2. The first-order chi connectivity index (χ1) is 6.79. The fourth-order valence-corrected chi connectivity index (χ4v) is 1.22. The van der Waals surface area contributed by atoms with Crippen molar-refractivity contribution in [1.29, 1.82) is 0 Å². The summed E-state index contributed by atoms with van der Waals surface area (Å²) in [6.07, 6.45) is -0.294. The molecule has 1 fully saturated rings. The van der Waals surface area contributed by atoms with E-state index in [0.717, 1.165) is 0 Å². The Morgan fingerprint density at radius 2 is 2.13 bits per heavy atom. The second-order valence-corrected chi connectivity index (χ2v) is 4.84. The number of hydrogen-bond acceptors (Lipinski definition) is 3. The maximum atomic E-state index is 12.9. The number of hydrogen-bond donors (Lipinski definition) is 1. The molecule has 0 radical (unpaired) electrons. The van der Waals surface area contributed by atoms with E-state index in [1.54, 1.807) is 0 Å². The van der Waals surface area contributed by atoms with Gasteiger partial charge in [0.05, 0.1) is 24.9 Å². The van der Waals surface area contributed by atoms with Gasteiger partial charge in [0.1, 0.15) is 6.61 Å². The topological polar surface area (TPSA) is 30.5 Å². The van der Waals surface area contributed by atoms with Gasteiger partial charge in [-0.1, -0.05) is 0 Å². The molecule has 1 heterocycles. The standard InChI is InChI=1S/C10H19F2NO2/c1-9(2,3)15-5-8-4-13-6-10(11,12)7-14-8/h8,13H,4-7H2,1-3H3. The van der Waals surface area contributed by atoms with Crippen LogP contribution in [0, 0.1) is 0 Å². The van der Waals surface area contributed by atoms with E-state index in [0.29, 0.717) is 13.2 Å². The number of alkyl halides is 2. The Balaban J connectivity index is 2.32. The summed E-state index contributed by atoms with van der Waals surface area (Å²) in [4.78, 5) is 0. The summed E-state index contributed by atoms with van der Waals surface area (Å²) in [5, 5.41) is 2.67. The molecular formula is C10H19F2NO2. The van der Waals surface area contributed by atoms with Crippen molar-refractivity contribution < 1.29 is 18.3 Å². The van der Waals surface area contributed by atoms with Crippen molar-refractivity contribution in [1.82, 2.24) is 5.32 Å². The van der Waals surface area contributed by atoms with Gasteiger partial charge in [-0.3, -0.25) is 0 Å². The summed E-state index contributed by atoms with van der Waals surface area (Å²) in [6.45, 7) is 5.67. The van der Waals surface area contributed by atoms with E-state index in [4.69, 9.17) is 9.47 Å². The highest BCUT2D eigenvalue weighted by Gasteiger charge is 2.33. The van der Waals surface area contributed by atoms with Gasteiger partial charge in [-0.2, -0.15) is 0 Å². The van der Waals surface area contributed by atoms with E-state index in [2.05, 4.69) is 5.32 Å². The molecule has 0 aliphatic carbocycles. The highest BCUT2D eigenvalue weighted by Crippen LogP contribution is 2.17. The predicted octanol–water partition coefficient (Wildman–Crippen LogP) is 1.43. The van der Waals surface area contributed by atoms with Crippen LogP contribution in [-0.2, 0) is 9.47 Å². The maximum Gasteiger partial charge on any atom is 0.283 e. The van der Waals surface area contributed by atoms with Gasteiger partial charge in [0.15, 0.2) is 0 Å². The molecule has 0 spiro atoms. The zero-order chi connectivity index (χ0) is 11.5. The molecule has 5 heteroatoms. The largest absolute Gasteiger partial charge is 0.373 e. The predicted molar refractivity (Wildman–Crippen MR) is 53.3 cm³/mol. The molecule has 90 valence electrons. The van der Waals surface area contributed by atoms with Crippen LogP contribution < -0.4 is 5.32 Å². The fourth-order valence-electron chi connectivity index (χ4n) is 1.22. The van der Waals surface area contributed by atoms with E-state index >= 15 is 0 Å². The molecule has 0 saturated carbocycles. The second-order valence-electron chi connectivity index (χ2n) is 4.84. The zero-order valence-electron chi connectivity index (χ0n) is 9.48. The van der Waals surface area contributed by atoms with Crippen LogP contribution >= 0.6 is 0 Å². The highest BCUT2D eigenvalue weighted by molar-refractivity contribution is 4.76. The SMILES string of the molecule is CC(C)(C)OCC1CNCC(F)(F)CO1. The molecule has 1 atom stereocenters. The first kappa shape index (κ1) is 12.8. The van der Waals surface area contributed by atoms with Crippen molar-refractivity contribution >= 4 is 0 Å². The van der Waals surface area contributed by atoms with E-state index in [1.165, 1.54) is 0 Å². The quantitative estimate of drug-likeness (QED) is 0.768. The van der Waals surface area contributed by atoms with E-state index < -0.39 is 12.5 Å². The van der Waals surface area contributed by atoms with Gasteiger partial charge < -0.3 is 14.8 Å². The molecule has 0 aromatic carbocycles. The summed E-state index contributed by atoms with van der Waals surface area (Å²) in [5.74, 6) is -2.77. The van der Waals surface area contributed by atoms with Gasteiger partial charge in [0, 0.05) is 6.54 Å². The Hall–Kier alpha value is -0.260. The molecular weight excluding hydrogens is 204 g/mol. The van der Waals surface area contributed by atoms with Gasteiger partial charge >= 0.3 is 0 Å². The molecule has 15 heavy (non-hydrogen) atoms. The molecule has 3 nitrogen and oxygen atoms in total. The minimum Gasteiger partial charge on any atom is -0.373 e. The lowest BCUT2D eigenvalue weighted by Crippen LogP contribution is -2.34. The van der Waals surface area contributed by atoms with Gasteiger partial charge in [0.25, 0.3) is 5.92 Å². The minimum atomic E-state index is -2.77. The molecule has 0 amide bonds. The number of ether oxygens (including phenoxy) is 2. The molecule has 1 saturated heterocycles. The van der Waals surface area contributed by atoms with E-state index in [-0.39, 0.29) is 18.2 Å². The third kappa shape index (κ3) is 5.39. The Kier molecular flexibility index (Phi) is 4.03. The van der Waals surface area contributed by atoms with Gasteiger partial charge in [-0.25, -0.2) is 8.78 Å². The van der Waals surface area contributed by atoms with Crippen molar-refractivity contribution in [2.75, 3.05) is 26.3 Å². The molecule has 1 rings (SSSR count). The molecule has 0 aromatic rings. The van der Waals surface area contributed by atoms with Gasteiger partial charge in [-0.05, 0) is 20.8 Å². The fraction of sp³-hybridized carbons (Fsp3) is 1.00. The highest BCUT2D eigenvalue weighted by atomic mass is 19.3. The Morgan fingerprint density at radius 3 is 2.73 bits per heavy atom. The maximum absolute atomic E-state index is 12.9. The summed E-state index contributed by atoms with van der Waals surface area (Å²) in [6, 6.07) is 0. The Labute approximate surface area is 89.1 Å². The summed E-state index contributed by atoms with van der Waals surface area (Å²) < 4.78 is 36.3. The third-order valence-corrected chi connectivity index (χ3v) is 1.99. The average Bonchev–Trinajstić information content (AvgIpc) is 2.22. The van der Waals surface area contributed by atoms with Crippen LogP contribution in [0.5, 0.6) is 0 Å². The summed E-state index contributed by atoms with van der Waals surface area (Å²) in [7, 11) is 0. The molecule has 1 N–H and O–H groups in total.